The number of hydrogen-bond acceptors (Lipinski definition) is 4. The maximum Gasteiger partial charge on any atom is 0.255 e. The summed E-state index contributed by atoms with van der Waals surface area (Å²) >= 11 is 5.90. The molecule has 7 nitrogen and oxygen atoms in total. The molecule has 146 valence electrons. The van der Waals surface area contributed by atoms with Crippen LogP contribution >= 0.6 is 11.6 Å². The lowest BCUT2D eigenvalue weighted by Gasteiger charge is -2.08. The molecule has 1 aromatic heterocycles. The number of carbonyl (C=O) groups excluding carboxylic acids is 1. The molecule has 0 unspecified atom stereocenters. The number of nitrogens with one attached hydrogen (secondary N) is 3. The number of H-pyrrole nitrogens is 1. The number of hydrogen-bond donors (Lipinski definition) is 3. The Bertz CT molecular complexity index is 1060. The average Bonchev–Trinajstić information content (AvgIpc) is 3.12. The van der Waals surface area contributed by atoms with Crippen LogP contribution in [0.5, 0.6) is 0 Å². The van der Waals surface area contributed by atoms with Crippen LogP contribution in [-0.4, -0.2) is 37.3 Å². The first-order chi connectivity index (χ1) is 13.3. The zero-order chi connectivity index (χ0) is 20.1. The molecule has 3 N–H and O–H groups in total. The Labute approximate surface area is 168 Å². The van der Waals surface area contributed by atoms with E-state index in [-0.39, 0.29) is 5.91 Å². The van der Waals surface area contributed by atoms with Crippen molar-refractivity contribution in [3.63, 3.8) is 0 Å². The summed E-state index contributed by atoms with van der Waals surface area (Å²) in [4.78, 5) is 12.5. The molecule has 28 heavy (non-hydrogen) atoms. The van der Waals surface area contributed by atoms with Gasteiger partial charge in [-0.15, -0.1) is 0 Å². The Hall–Kier alpha value is -2.84. The molecule has 0 spiro atoms. The first kappa shape index (κ1) is 19.9. The fourth-order valence-corrected chi connectivity index (χ4v) is 3.35. The molecule has 0 saturated heterocycles. The van der Waals surface area contributed by atoms with E-state index in [0.29, 0.717) is 34.9 Å². The van der Waals surface area contributed by atoms with Crippen molar-refractivity contribution in [1.82, 2.24) is 15.5 Å². The first-order valence-electron chi connectivity index (χ1n) is 8.46. The van der Waals surface area contributed by atoms with E-state index in [4.69, 9.17) is 11.6 Å². The highest BCUT2D eigenvalue weighted by atomic mass is 35.5. The third-order valence-electron chi connectivity index (χ3n) is 3.97. The lowest BCUT2D eigenvalue weighted by atomic mass is 10.1. The smallest absolute Gasteiger partial charge is 0.255 e. The highest BCUT2D eigenvalue weighted by Crippen LogP contribution is 2.22. The fraction of sp³-hybridized carbons (Fsp3) is 0.158. The van der Waals surface area contributed by atoms with E-state index in [1.807, 2.05) is 24.3 Å². The van der Waals surface area contributed by atoms with Crippen molar-refractivity contribution in [3.8, 4) is 11.3 Å². The van der Waals surface area contributed by atoms with Gasteiger partial charge in [0.25, 0.3) is 5.91 Å². The number of nitrogens with zero attached hydrogens (tertiary/aromatic N) is 1. The molecule has 1 heterocycles. The number of carbonyl (C=O) groups is 1. The quantitative estimate of drug-likeness (QED) is 0.548. The van der Waals surface area contributed by atoms with Gasteiger partial charge < -0.3 is 5.32 Å². The third kappa shape index (κ3) is 5.34. The second kappa shape index (κ2) is 8.45. The van der Waals surface area contributed by atoms with E-state index in [0.717, 1.165) is 17.4 Å². The van der Waals surface area contributed by atoms with Crippen molar-refractivity contribution in [2.75, 3.05) is 17.5 Å². The zero-order valence-electron chi connectivity index (χ0n) is 15.1. The summed E-state index contributed by atoms with van der Waals surface area (Å²) in [5.41, 5.74) is 3.38. The van der Waals surface area contributed by atoms with E-state index in [9.17, 15) is 13.2 Å². The van der Waals surface area contributed by atoms with Crippen LogP contribution in [0.1, 0.15) is 15.9 Å². The van der Waals surface area contributed by atoms with Crippen molar-refractivity contribution in [2.45, 2.75) is 6.42 Å². The van der Waals surface area contributed by atoms with E-state index >= 15 is 0 Å². The van der Waals surface area contributed by atoms with Gasteiger partial charge in [-0.3, -0.25) is 14.6 Å². The van der Waals surface area contributed by atoms with Crippen LogP contribution < -0.4 is 10.0 Å². The minimum Gasteiger partial charge on any atom is -0.352 e. The normalized spacial score (nSPS) is 11.2. The maximum atomic E-state index is 12.5. The highest BCUT2D eigenvalue weighted by Gasteiger charge is 2.15. The number of aromatic amines is 1. The molecule has 0 fully saturated rings. The molecule has 0 aliphatic carbocycles. The number of anilines is 1. The molecule has 0 bridgehead atoms. The minimum atomic E-state index is -3.30. The molecule has 9 heteroatoms. The van der Waals surface area contributed by atoms with Crippen molar-refractivity contribution in [1.29, 1.82) is 0 Å². The van der Waals surface area contributed by atoms with Crippen LogP contribution in [0, 0.1) is 0 Å². The highest BCUT2D eigenvalue weighted by molar-refractivity contribution is 7.92. The van der Waals surface area contributed by atoms with Crippen molar-refractivity contribution in [3.05, 3.63) is 70.9 Å². The van der Waals surface area contributed by atoms with Crippen LogP contribution in [-0.2, 0) is 16.4 Å². The molecular weight excluding hydrogens is 400 g/mol. The molecular formula is C19H19ClN4O3S. The van der Waals surface area contributed by atoms with Crippen molar-refractivity contribution in [2.24, 2.45) is 0 Å². The summed E-state index contributed by atoms with van der Waals surface area (Å²) in [5, 5.41) is 10.3. The van der Waals surface area contributed by atoms with Crippen LogP contribution in [0.2, 0.25) is 5.02 Å². The fourth-order valence-electron chi connectivity index (χ4n) is 2.66. The van der Waals surface area contributed by atoms with E-state index in [1.165, 1.54) is 6.20 Å². The topological polar surface area (TPSA) is 104 Å². The van der Waals surface area contributed by atoms with E-state index < -0.39 is 10.0 Å². The Morgan fingerprint density at radius 1 is 1.11 bits per heavy atom. The van der Waals surface area contributed by atoms with Crippen LogP contribution in [0.3, 0.4) is 0 Å². The molecule has 0 aliphatic heterocycles. The molecule has 0 atom stereocenters. The Kier molecular flexibility index (Phi) is 6.01. The van der Waals surface area contributed by atoms with Crippen molar-refractivity contribution < 1.29 is 13.2 Å². The first-order valence-corrected chi connectivity index (χ1v) is 10.7. The summed E-state index contributed by atoms with van der Waals surface area (Å²) in [7, 11) is -3.30. The number of halogens is 1. The van der Waals surface area contributed by atoms with Gasteiger partial charge in [-0.25, -0.2) is 8.42 Å². The van der Waals surface area contributed by atoms with E-state index in [2.05, 4.69) is 20.2 Å². The van der Waals surface area contributed by atoms with Gasteiger partial charge >= 0.3 is 0 Å². The molecule has 0 radical (unpaired) electrons. The summed E-state index contributed by atoms with van der Waals surface area (Å²) in [5.74, 6) is -0.228. The van der Waals surface area contributed by atoms with Gasteiger partial charge in [0.1, 0.15) is 0 Å². The van der Waals surface area contributed by atoms with Crippen LogP contribution in [0.15, 0.2) is 54.7 Å². The second-order valence-electron chi connectivity index (χ2n) is 6.24. The Morgan fingerprint density at radius 2 is 1.79 bits per heavy atom. The largest absolute Gasteiger partial charge is 0.352 e. The van der Waals surface area contributed by atoms with Gasteiger partial charge in [0, 0.05) is 22.8 Å². The molecule has 0 saturated carbocycles. The van der Waals surface area contributed by atoms with Gasteiger partial charge in [-0.1, -0.05) is 35.9 Å². The number of sulfonamides is 1. The maximum absolute atomic E-state index is 12.5. The lowest BCUT2D eigenvalue weighted by molar-refractivity contribution is 0.0955. The molecule has 1 amide bonds. The standard InChI is InChI=1S/C19H19ClN4O3S/c1-28(26,27)24-16-8-2-13(3-9-16)10-11-21-19(25)17-12-22-23-18(17)14-4-6-15(20)7-5-14/h2-9,12,24H,10-11H2,1H3,(H,21,25)(H,22,23). The average molecular weight is 419 g/mol. The number of rotatable bonds is 7. The SMILES string of the molecule is CS(=O)(=O)Nc1ccc(CCNC(=O)c2cn[nH]c2-c2ccc(Cl)cc2)cc1. The summed E-state index contributed by atoms with van der Waals surface area (Å²) in [6.45, 7) is 0.433. The van der Waals surface area contributed by atoms with E-state index in [1.54, 1.807) is 24.3 Å². The summed E-state index contributed by atoms with van der Waals surface area (Å²) in [6, 6.07) is 14.1. The lowest BCUT2D eigenvalue weighted by Crippen LogP contribution is -2.25. The predicted molar refractivity (Wildman–Crippen MR) is 110 cm³/mol. The Balaban J connectivity index is 1.58. The minimum absolute atomic E-state index is 0.228. The van der Waals surface area contributed by atoms with Crippen LogP contribution in [0.25, 0.3) is 11.3 Å². The zero-order valence-corrected chi connectivity index (χ0v) is 16.6. The third-order valence-corrected chi connectivity index (χ3v) is 4.83. The monoisotopic (exact) mass is 418 g/mol. The number of amides is 1. The van der Waals surface area contributed by atoms with Gasteiger partial charge in [0.05, 0.1) is 23.7 Å². The molecule has 0 aliphatic rings. The van der Waals surface area contributed by atoms with Gasteiger partial charge in [0.2, 0.25) is 10.0 Å². The van der Waals surface area contributed by atoms with Gasteiger partial charge in [0.15, 0.2) is 0 Å². The van der Waals surface area contributed by atoms with Gasteiger partial charge in [-0.05, 0) is 36.2 Å². The van der Waals surface area contributed by atoms with Gasteiger partial charge in [-0.2, -0.15) is 5.10 Å². The van der Waals surface area contributed by atoms with Crippen molar-refractivity contribution >= 4 is 33.2 Å². The molecule has 2 aromatic carbocycles. The summed E-state index contributed by atoms with van der Waals surface area (Å²) in [6.07, 6.45) is 3.20. The van der Waals surface area contributed by atoms with Crippen LogP contribution in [0.4, 0.5) is 5.69 Å². The summed E-state index contributed by atoms with van der Waals surface area (Å²) < 4.78 is 24.8. The second-order valence-corrected chi connectivity index (χ2v) is 8.43. The molecule has 3 aromatic rings. The Morgan fingerprint density at radius 3 is 2.43 bits per heavy atom. The number of aromatic nitrogens is 2. The predicted octanol–water partition coefficient (Wildman–Crippen LogP) is 3.07. The number of benzene rings is 2. The molecule has 3 rings (SSSR count).